The Morgan fingerprint density at radius 2 is 1.44 bits per heavy atom. The van der Waals surface area contributed by atoms with Gasteiger partial charge in [0.15, 0.2) is 0 Å². The smallest absolute Gasteiger partial charge is 0.103 e. The number of hydrogen-bond donors (Lipinski definition) is 1. The van der Waals surface area contributed by atoms with Gasteiger partial charge in [-0.15, -0.1) is 0 Å². The molecule has 3 heteroatoms. The highest BCUT2D eigenvalue weighted by Crippen LogP contribution is 2.35. The lowest BCUT2D eigenvalue weighted by Crippen LogP contribution is -2.53. The van der Waals surface area contributed by atoms with Crippen molar-refractivity contribution in [3.05, 3.63) is 0 Å². The van der Waals surface area contributed by atoms with Crippen LogP contribution in [-0.2, 0) is 0 Å². The molecule has 3 aliphatic rings. The second-order valence-corrected chi connectivity index (χ2v) is 8.80. The van der Waals surface area contributed by atoms with Crippen LogP contribution in [0.5, 0.6) is 0 Å². The molecule has 0 amide bonds. The van der Waals surface area contributed by atoms with Crippen LogP contribution in [0.25, 0.3) is 0 Å². The molecule has 2 heterocycles. The monoisotopic (exact) mass is 348 g/mol. The van der Waals surface area contributed by atoms with Gasteiger partial charge in [-0.25, -0.2) is 0 Å². The zero-order chi connectivity index (χ0) is 17.9. The van der Waals surface area contributed by atoms with E-state index in [9.17, 15) is 0 Å². The Labute approximate surface area is 159 Å². The van der Waals surface area contributed by atoms with Gasteiger partial charge in [-0.1, -0.05) is 84.4 Å². The molecule has 0 spiro atoms. The Balaban J connectivity index is 1.86. The lowest BCUT2D eigenvalue weighted by Gasteiger charge is -2.46. The van der Waals surface area contributed by atoms with Gasteiger partial charge in [0.2, 0.25) is 0 Å². The Bertz CT molecular complexity index is 316. The Morgan fingerprint density at radius 3 is 1.96 bits per heavy atom. The first-order valence-electron chi connectivity index (χ1n) is 11.8. The van der Waals surface area contributed by atoms with Crippen molar-refractivity contribution in [3.63, 3.8) is 0 Å². The fourth-order valence-corrected chi connectivity index (χ4v) is 5.07. The molecule has 1 N–H and O–H groups in total. The molecule has 1 saturated carbocycles. The first-order chi connectivity index (χ1) is 12.3. The van der Waals surface area contributed by atoms with Gasteiger partial charge in [0.25, 0.3) is 0 Å². The van der Waals surface area contributed by atoms with Crippen LogP contribution < -0.4 is 5.32 Å². The van der Waals surface area contributed by atoms with Crippen molar-refractivity contribution in [2.24, 2.45) is 0 Å². The lowest BCUT2D eigenvalue weighted by molar-refractivity contribution is 0.0467. The summed E-state index contributed by atoms with van der Waals surface area (Å²) < 4.78 is 0. The molecular weight excluding hydrogens is 303 g/mol. The van der Waals surface area contributed by atoms with Crippen molar-refractivity contribution in [1.29, 1.82) is 0 Å². The maximum Gasteiger partial charge on any atom is 0.103 e. The predicted octanol–water partition coefficient (Wildman–Crippen LogP) is 4.93. The van der Waals surface area contributed by atoms with E-state index in [1.165, 1.54) is 103 Å². The number of hydrogen-bond acceptors (Lipinski definition) is 2. The number of nitrogens with one attached hydrogen (secondary N) is 1. The van der Waals surface area contributed by atoms with Crippen molar-refractivity contribution in [2.75, 3.05) is 6.54 Å². The highest BCUT2D eigenvalue weighted by Gasteiger charge is 2.42. The van der Waals surface area contributed by atoms with Crippen LogP contribution in [0, 0.1) is 0 Å². The van der Waals surface area contributed by atoms with Crippen molar-refractivity contribution < 1.29 is 0 Å². The average molecular weight is 348 g/mol. The van der Waals surface area contributed by atoms with Crippen LogP contribution in [0.2, 0.25) is 6.32 Å². The third kappa shape index (κ3) is 6.90. The summed E-state index contributed by atoms with van der Waals surface area (Å²) in [6, 6.07) is 3.37. The average Bonchev–Trinajstić information content (AvgIpc) is 2.88. The molecule has 0 radical (unpaired) electrons. The summed E-state index contributed by atoms with van der Waals surface area (Å²) in [7, 11) is 2.40. The third-order valence-corrected chi connectivity index (χ3v) is 6.77. The maximum atomic E-state index is 3.82. The summed E-state index contributed by atoms with van der Waals surface area (Å²) in [6.45, 7) is 5.88. The van der Waals surface area contributed by atoms with Crippen LogP contribution in [0.4, 0.5) is 0 Å². The lowest BCUT2D eigenvalue weighted by atomic mass is 9.83. The molecule has 2 aliphatic heterocycles. The van der Waals surface area contributed by atoms with E-state index in [-0.39, 0.29) is 0 Å². The molecule has 2 nitrogen and oxygen atoms in total. The third-order valence-electron chi connectivity index (χ3n) is 6.77. The first-order valence-corrected chi connectivity index (χ1v) is 11.8. The maximum absolute atomic E-state index is 3.82. The number of fused-ring (bicyclic) bond motifs is 3. The highest BCUT2D eigenvalue weighted by atomic mass is 15.3. The standard InChI is InChI=1S/C22H45BN2/c1-3-5-7-9-11-13-20(14-12-10-8-6-4-2)25-21-15-19(16-21)24-18-22(25)17-23/h19-22,24H,3-18,23H2,1-2H3. The zero-order valence-corrected chi connectivity index (χ0v) is 17.6. The van der Waals surface area contributed by atoms with Crippen LogP contribution in [0.1, 0.15) is 104 Å². The Morgan fingerprint density at radius 1 is 0.880 bits per heavy atom. The second kappa shape index (κ2) is 12.4. The normalized spacial score (nSPS) is 26.6. The van der Waals surface area contributed by atoms with Gasteiger partial charge in [-0.3, -0.25) is 4.90 Å². The molecule has 3 rings (SSSR count). The molecule has 1 unspecified atom stereocenters. The molecule has 2 saturated heterocycles. The van der Waals surface area contributed by atoms with Crippen LogP contribution in [-0.4, -0.2) is 43.5 Å². The number of nitrogens with zero attached hydrogens (tertiary/aromatic N) is 1. The summed E-state index contributed by atoms with van der Waals surface area (Å²) >= 11 is 0. The zero-order valence-electron chi connectivity index (χ0n) is 17.6. The van der Waals surface area contributed by atoms with E-state index in [1.807, 2.05) is 0 Å². The summed E-state index contributed by atoms with van der Waals surface area (Å²) in [6.07, 6.45) is 21.3. The molecule has 0 aromatic carbocycles. The fraction of sp³-hybridized carbons (Fsp3) is 1.00. The van der Waals surface area contributed by atoms with Crippen LogP contribution in [0.15, 0.2) is 0 Å². The van der Waals surface area contributed by atoms with Gasteiger partial charge < -0.3 is 5.32 Å². The van der Waals surface area contributed by atoms with E-state index in [2.05, 4.69) is 31.9 Å². The first kappa shape index (κ1) is 21.3. The van der Waals surface area contributed by atoms with Crippen molar-refractivity contribution >= 4 is 7.85 Å². The Kier molecular flexibility index (Phi) is 10.5. The van der Waals surface area contributed by atoms with Gasteiger partial charge >= 0.3 is 0 Å². The highest BCUT2D eigenvalue weighted by molar-refractivity contribution is 6.09. The topological polar surface area (TPSA) is 15.3 Å². The van der Waals surface area contributed by atoms with E-state index in [0.29, 0.717) is 0 Å². The van der Waals surface area contributed by atoms with E-state index in [4.69, 9.17) is 0 Å². The van der Waals surface area contributed by atoms with Crippen molar-refractivity contribution in [1.82, 2.24) is 10.2 Å². The molecule has 3 fully saturated rings. The number of unbranched alkanes of at least 4 members (excludes halogenated alkanes) is 8. The summed E-state index contributed by atoms with van der Waals surface area (Å²) in [5, 5.41) is 3.82. The van der Waals surface area contributed by atoms with Gasteiger partial charge in [0, 0.05) is 30.7 Å². The van der Waals surface area contributed by atoms with Crippen molar-refractivity contribution in [2.45, 2.75) is 134 Å². The molecule has 2 bridgehead atoms. The van der Waals surface area contributed by atoms with Gasteiger partial charge in [-0.05, 0) is 25.7 Å². The van der Waals surface area contributed by atoms with Crippen LogP contribution >= 0.6 is 0 Å². The van der Waals surface area contributed by atoms with E-state index in [0.717, 1.165) is 24.2 Å². The minimum atomic E-state index is 0.786. The largest absolute Gasteiger partial charge is 0.312 e. The quantitative estimate of drug-likeness (QED) is 0.354. The Hall–Kier alpha value is -0.0151. The molecule has 1 atom stereocenters. The minimum Gasteiger partial charge on any atom is -0.312 e. The SMILES string of the molecule is BCC1CNC2CC(C2)N1C(CCCCCCC)CCCCCCC. The predicted molar refractivity (Wildman–Crippen MR) is 114 cm³/mol. The van der Waals surface area contributed by atoms with Crippen LogP contribution in [0.3, 0.4) is 0 Å². The molecule has 1 aliphatic carbocycles. The van der Waals surface area contributed by atoms with E-state index >= 15 is 0 Å². The van der Waals surface area contributed by atoms with Gasteiger partial charge in [0.05, 0.1) is 0 Å². The summed E-state index contributed by atoms with van der Waals surface area (Å²) in [5.41, 5.74) is 0. The van der Waals surface area contributed by atoms with Gasteiger partial charge in [0.1, 0.15) is 7.85 Å². The summed E-state index contributed by atoms with van der Waals surface area (Å²) in [5.74, 6) is 0. The second-order valence-electron chi connectivity index (χ2n) is 8.80. The minimum absolute atomic E-state index is 0.786. The van der Waals surface area contributed by atoms with Crippen molar-refractivity contribution in [3.8, 4) is 0 Å². The summed E-state index contributed by atoms with van der Waals surface area (Å²) in [4.78, 5) is 3.01. The van der Waals surface area contributed by atoms with Gasteiger partial charge in [-0.2, -0.15) is 0 Å². The van der Waals surface area contributed by atoms with E-state index < -0.39 is 0 Å². The number of rotatable bonds is 14. The molecular formula is C22H45BN2. The van der Waals surface area contributed by atoms with E-state index in [1.54, 1.807) is 0 Å². The molecule has 146 valence electrons. The molecule has 25 heavy (non-hydrogen) atoms. The molecule has 0 aromatic heterocycles. The molecule has 0 aromatic rings. The fourth-order valence-electron chi connectivity index (χ4n) is 5.07.